The molecule has 2 aromatic heterocycles. The highest BCUT2D eigenvalue weighted by atomic mass is 32.1. The predicted molar refractivity (Wildman–Crippen MR) is 141 cm³/mol. The minimum Gasteiger partial charge on any atom is -0.506 e. The number of nitrogens with one attached hydrogen (secondary N) is 1. The summed E-state index contributed by atoms with van der Waals surface area (Å²) < 4.78 is 0.923. The first-order valence-corrected chi connectivity index (χ1v) is 12.9. The molecular formula is C28H30N4O2S. The van der Waals surface area contributed by atoms with Crippen LogP contribution in [0.1, 0.15) is 46.6 Å². The second-order valence-electron chi connectivity index (χ2n) is 9.19. The summed E-state index contributed by atoms with van der Waals surface area (Å²) in [4.78, 5) is 25.2. The van der Waals surface area contributed by atoms with E-state index in [0.717, 1.165) is 58.3 Å². The highest BCUT2D eigenvalue weighted by Gasteiger charge is 2.31. The molecule has 2 aromatic carbocycles. The molecule has 1 saturated carbocycles. The Morgan fingerprint density at radius 1 is 1.09 bits per heavy atom. The van der Waals surface area contributed by atoms with Crippen molar-refractivity contribution in [2.45, 2.75) is 51.2 Å². The van der Waals surface area contributed by atoms with Gasteiger partial charge in [-0.3, -0.25) is 14.8 Å². The minimum atomic E-state index is -0.0994. The lowest BCUT2D eigenvalue weighted by Gasteiger charge is -2.37. The Morgan fingerprint density at radius 3 is 2.60 bits per heavy atom. The fourth-order valence-electron chi connectivity index (χ4n) is 5.05. The van der Waals surface area contributed by atoms with Crippen molar-refractivity contribution >= 4 is 27.3 Å². The highest BCUT2D eigenvalue weighted by molar-refractivity contribution is 7.21. The van der Waals surface area contributed by atoms with E-state index in [1.165, 1.54) is 11.3 Å². The van der Waals surface area contributed by atoms with Gasteiger partial charge in [-0.05, 0) is 63.4 Å². The maximum Gasteiger partial charge on any atom is 0.268 e. The van der Waals surface area contributed by atoms with Crippen LogP contribution < -0.4 is 5.32 Å². The van der Waals surface area contributed by atoms with Crippen LogP contribution in [0.5, 0.6) is 5.75 Å². The van der Waals surface area contributed by atoms with Gasteiger partial charge in [0.1, 0.15) is 10.6 Å². The third kappa shape index (κ3) is 4.79. The van der Waals surface area contributed by atoms with E-state index in [2.05, 4.69) is 27.4 Å². The summed E-state index contributed by atoms with van der Waals surface area (Å²) in [5.41, 5.74) is 3.75. The number of amides is 1. The smallest absolute Gasteiger partial charge is 0.268 e. The zero-order valence-electron chi connectivity index (χ0n) is 20.1. The summed E-state index contributed by atoms with van der Waals surface area (Å²) >= 11 is 1.37. The van der Waals surface area contributed by atoms with Crippen molar-refractivity contribution in [3.8, 4) is 17.0 Å². The maximum absolute atomic E-state index is 13.9. The molecule has 180 valence electrons. The zero-order valence-corrected chi connectivity index (χ0v) is 20.9. The normalized spacial score (nSPS) is 18.0. The van der Waals surface area contributed by atoms with E-state index in [0.29, 0.717) is 17.5 Å². The van der Waals surface area contributed by atoms with Crippen molar-refractivity contribution in [3.63, 3.8) is 0 Å². The van der Waals surface area contributed by atoms with Crippen LogP contribution in [0, 0.1) is 6.92 Å². The minimum absolute atomic E-state index is 0.0912. The molecule has 35 heavy (non-hydrogen) atoms. The zero-order chi connectivity index (χ0) is 24.4. The first-order valence-electron chi connectivity index (χ1n) is 12.1. The fourth-order valence-corrected chi connectivity index (χ4v) is 6.11. The summed E-state index contributed by atoms with van der Waals surface area (Å²) in [6.07, 6.45) is 7.33. The molecule has 2 heterocycles. The average Bonchev–Trinajstić information content (AvgIpc) is 3.24. The highest BCUT2D eigenvalue weighted by Crippen LogP contribution is 2.39. The van der Waals surface area contributed by atoms with Gasteiger partial charge in [0.05, 0.1) is 11.4 Å². The van der Waals surface area contributed by atoms with E-state index < -0.39 is 0 Å². The van der Waals surface area contributed by atoms with E-state index in [4.69, 9.17) is 0 Å². The first-order chi connectivity index (χ1) is 17.0. The first kappa shape index (κ1) is 23.5. The van der Waals surface area contributed by atoms with Crippen molar-refractivity contribution < 1.29 is 9.90 Å². The molecule has 0 unspecified atom stereocenters. The number of carbonyl (C=O) groups is 1. The molecule has 1 fully saturated rings. The number of rotatable bonds is 6. The summed E-state index contributed by atoms with van der Waals surface area (Å²) in [6.45, 7) is 2.43. The van der Waals surface area contributed by atoms with Gasteiger partial charge < -0.3 is 15.3 Å². The number of hydrogen-bond donors (Lipinski definition) is 2. The van der Waals surface area contributed by atoms with Gasteiger partial charge in [0.2, 0.25) is 0 Å². The van der Waals surface area contributed by atoms with Gasteiger partial charge in [-0.15, -0.1) is 11.3 Å². The molecule has 7 heteroatoms. The molecular weight excluding hydrogens is 456 g/mol. The van der Waals surface area contributed by atoms with Crippen LogP contribution in [0.4, 0.5) is 0 Å². The van der Waals surface area contributed by atoms with Crippen molar-refractivity contribution in [2.75, 3.05) is 7.05 Å². The predicted octanol–water partition coefficient (Wildman–Crippen LogP) is 5.55. The number of benzene rings is 2. The van der Waals surface area contributed by atoms with Gasteiger partial charge in [-0.25, -0.2) is 0 Å². The summed E-state index contributed by atoms with van der Waals surface area (Å²) in [5.74, 6) is -0.00820. The average molecular weight is 487 g/mol. The molecule has 0 radical (unpaired) electrons. The van der Waals surface area contributed by atoms with E-state index >= 15 is 0 Å². The second-order valence-corrected chi connectivity index (χ2v) is 10.2. The SMILES string of the molecule is CNC1CCC(N(Cc2cccc(-c3nccnc3C)c2)C(=O)c2sc3ccccc3c2O)CC1. The monoisotopic (exact) mass is 486 g/mol. The van der Waals surface area contributed by atoms with Crippen LogP contribution in [0.15, 0.2) is 60.9 Å². The van der Waals surface area contributed by atoms with Crippen LogP contribution in [0.2, 0.25) is 0 Å². The van der Waals surface area contributed by atoms with E-state index in [1.54, 1.807) is 12.4 Å². The van der Waals surface area contributed by atoms with Gasteiger partial charge in [-0.2, -0.15) is 0 Å². The second kappa shape index (κ2) is 10.1. The molecule has 0 atom stereocenters. The molecule has 0 bridgehead atoms. The van der Waals surface area contributed by atoms with Gasteiger partial charge in [-0.1, -0.05) is 30.3 Å². The number of nitrogens with zero attached hydrogens (tertiary/aromatic N) is 3. The van der Waals surface area contributed by atoms with Crippen molar-refractivity contribution in [1.82, 2.24) is 20.2 Å². The topological polar surface area (TPSA) is 78.3 Å². The quantitative estimate of drug-likeness (QED) is 0.374. The van der Waals surface area contributed by atoms with Crippen LogP contribution in [0.25, 0.3) is 21.3 Å². The number of fused-ring (bicyclic) bond motifs is 1. The number of aryl methyl sites for hydroxylation is 1. The van der Waals surface area contributed by atoms with Crippen LogP contribution in [0.3, 0.4) is 0 Å². The Morgan fingerprint density at radius 2 is 1.86 bits per heavy atom. The van der Waals surface area contributed by atoms with Crippen LogP contribution in [-0.2, 0) is 6.54 Å². The summed E-state index contributed by atoms with van der Waals surface area (Å²) in [5, 5.41) is 15.0. The molecule has 0 aliphatic heterocycles. The maximum atomic E-state index is 13.9. The molecule has 1 aliphatic carbocycles. The molecule has 5 rings (SSSR count). The van der Waals surface area contributed by atoms with E-state index in [-0.39, 0.29) is 17.7 Å². The Bertz CT molecular complexity index is 1340. The van der Waals surface area contributed by atoms with Crippen molar-refractivity contribution in [1.29, 1.82) is 0 Å². The lowest BCUT2D eigenvalue weighted by Crippen LogP contribution is -2.44. The van der Waals surface area contributed by atoms with Gasteiger partial charge in [0.15, 0.2) is 0 Å². The molecule has 4 aromatic rings. The number of thiophene rings is 1. The number of aromatic nitrogens is 2. The summed E-state index contributed by atoms with van der Waals surface area (Å²) in [6, 6.07) is 16.4. The molecule has 1 amide bonds. The van der Waals surface area contributed by atoms with Crippen LogP contribution in [-0.4, -0.2) is 45.0 Å². The fraction of sp³-hybridized carbons (Fsp3) is 0.321. The largest absolute Gasteiger partial charge is 0.506 e. The third-order valence-electron chi connectivity index (χ3n) is 7.00. The lowest BCUT2D eigenvalue weighted by molar-refractivity contribution is 0.0603. The standard InChI is InChI=1S/C28H30N4O2S/c1-18-25(31-15-14-30-18)20-7-5-6-19(16-20)17-32(22-12-10-21(29-2)11-13-22)28(34)27-26(33)23-8-3-4-9-24(23)35-27/h3-9,14-16,21-22,29,33H,10-13,17H2,1-2H3. The van der Waals surface area contributed by atoms with E-state index in [1.807, 2.05) is 55.3 Å². The Kier molecular flexibility index (Phi) is 6.79. The van der Waals surface area contributed by atoms with Gasteiger partial charge in [0.25, 0.3) is 5.91 Å². The molecule has 1 aliphatic rings. The molecule has 6 nitrogen and oxygen atoms in total. The summed E-state index contributed by atoms with van der Waals surface area (Å²) in [7, 11) is 2.00. The van der Waals surface area contributed by atoms with Gasteiger partial charge >= 0.3 is 0 Å². The van der Waals surface area contributed by atoms with Crippen LogP contribution >= 0.6 is 11.3 Å². The number of carbonyl (C=O) groups excluding carboxylic acids is 1. The Hall–Kier alpha value is -3.29. The molecule has 0 spiro atoms. The lowest BCUT2D eigenvalue weighted by atomic mass is 9.89. The van der Waals surface area contributed by atoms with Crippen molar-refractivity contribution in [3.05, 3.63) is 77.1 Å². The van der Waals surface area contributed by atoms with E-state index in [9.17, 15) is 9.90 Å². The number of aromatic hydroxyl groups is 1. The third-order valence-corrected chi connectivity index (χ3v) is 8.15. The molecule has 2 N–H and O–H groups in total. The molecule has 0 saturated heterocycles. The number of hydrogen-bond acceptors (Lipinski definition) is 6. The van der Waals surface area contributed by atoms with Gasteiger partial charge in [0, 0.05) is 46.7 Å². The van der Waals surface area contributed by atoms with Crippen molar-refractivity contribution in [2.24, 2.45) is 0 Å². The Labute approximate surface area is 209 Å². The Balaban J connectivity index is 1.48.